The van der Waals surface area contributed by atoms with E-state index in [4.69, 9.17) is 11.6 Å². The van der Waals surface area contributed by atoms with E-state index in [1.54, 1.807) is 55.5 Å². The second-order valence-electron chi connectivity index (χ2n) is 5.31. The topological polar surface area (TPSA) is 87.3 Å². The summed E-state index contributed by atoms with van der Waals surface area (Å²) in [6.45, 7) is 1.73. The van der Waals surface area contributed by atoms with Gasteiger partial charge in [0.15, 0.2) is 0 Å². The first-order valence-electron chi connectivity index (χ1n) is 7.14. The monoisotopic (exact) mass is 367 g/mol. The maximum Gasteiger partial charge on any atom is 0.246 e. The van der Waals surface area contributed by atoms with E-state index >= 15 is 0 Å². The Morgan fingerprint density at radius 1 is 0.958 bits per heavy atom. The molecular weight excluding hydrogens is 350 g/mol. The lowest BCUT2D eigenvalue weighted by Gasteiger charge is -2.16. The molecule has 24 heavy (non-hydrogen) atoms. The summed E-state index contributed by atoms with van der Waals surface area (Å²) >= 11 is 5.80. The maximum atomic E-state index is 12.2. The van der Waals surface area contributed by atoms with Crippen LogP contribution in [0.15, 0.2) is 48.5 Å². The number of amides is 1. The van der Waals surface area contributed by atoms with Crippen LogP contribution in [0, 0.1) is 0 Å². The lowest BCUT2D eigenvalue weighted by molar-refractivity contribution is -0.116. The molecule has 0 spiro atoms. The van der Waals surface area contributed by atoms with E-state index in [2.05, 4.69) is 15.4 Å². The Hall–Kier alpha value is -2.25. The minimum absolute atomic E-state index is 0.198. The summed E-state index contributed by atoms with van der Waals surface area (Å²) in [6, 6.07) is 13.0. The van der Waals surface area contributed by atoms with Crippen LogP contribution in [0.1, 0.15) is 6.92 Å². The molecule has 1 unspecified atom stereocenters. The van der Waals surface area contributed by atoms with E-state index in [1.807, 2.05) is 0 Å². The van der Waals surface area contributed by atoms with Gasteiger partial charge in [-0.2, -0.15) is 0 Å². The number of halogens is 1. The van der Waals surface area contributed by atoms with Crippen molar-refractivity contribution in [2.45, 2.75) is 13.0 Å². The van der Waals surface area contributed by atoms with Crippen LogP contribution >= 0.6 is 11.6 Å². The molecule has 0 fully saturated rings. The highest BCUT2D eigenvalue weighted by Gasteiger charge is 2.13. The number of carbonyl (C=O) groups excluding carboxylic acids is 1. The molecule has 0 aromatic heterocycles. The van der Waals surface area contributed by atoms with Gasteiger partial charge in [-0.25, -0.2) is 8.42 Å². The summed E-state index contributed by atoms with van der Waals surface area (Å²) in [5.41, 5.74) is 1.82. The van der Waals surface area contributed by atoms with Crippen molar-refractivity contribution >= 4 is 44.6 Å². The predicted molar refractivity (Wildman–Crippen MR) is 98.1 cm³/mol. The molecule has 2 aromatic rings. The molecule has 0 aliphatic heterocycles. The summed E-state index contributed by atoms with van der Waals surface area (Å²) in [7, 11) is -3.31. The van der Waals surface area contributed by atoms with Crippen LogP contribution in [0.3, 0.4) is 0 Å². The standard InChI is InChI=1S/C16H18ClN3O3S/c1-11(16(21)19-14-5-3-12(17)4-6-14)18-13-7-9-15(10-8-13)20-24(2,22)23/h3-11,18,20H,1-2H3,(H,19,21). The SMILES string of the molecule is CC(Nc1ccc(NS(C)(=O)=O)cc1)C(=O)Nc1ccc(Cl)cc1. The molecule has 0 saturated carbocycles. The van der Waals surface area contributed by atoms with Gasteiger partial charge in [0.05, 0.1) is 6.26 Å². The molecule has 8 heteroatoms. The number of hydrogen-bond acceptors (Lipinski definition) is 4. The fraction of sp³-hybridized carbons (Fsp3) is 0.188. The van der Waals surface area contributed by atoms with Crippen molar-refractivity contribution < 1.29 is 13.2 Å². The quantitative estimate of drug-likeness (QED) is 0.731. The van der Waals surface area contributed by atoms with Crippen molar-refractivity contribution in [3.63, 3.8) is 0 Å². The van der Waals surface area contributed by atoms with Crippen LogP contribution in [0.2, 0.25) is 5.02 Å². The van der Waals surface area contributed by atoms with Crippen LogP contribution in [-0.2, 0) is 14.8 Å². The van der Waals surface area contributed by atoms with Crippen LogP contribution < -0.4 is 15.4 Å². The highest BCUT2D eigenvalue weighted by molar-refractivity contribution is 7.92. The molecule has 0 radical (unpaired) electrons. The van der Waals surface area contributed by atoms with Crippen molar-refractivity contribution in [2.75, 3.05) is 21.6 Å². The molecule has 3 N–H and O–H groups in total. The Morgan fingerprint density at radius 2 is 1.46 bits per heavy atom. The van der Waals surface area contributed by atoms with Gasteiger partial charge in [0.1, 0.15) is 6.04 Å². The van der Waals surface area contributed by atoms with Gasteiger partial charge in [-0.05, 0) is 55.5 Å². The molecule has 2 rings (SSSR count). The van der Waals surface area contributed by atoms with E-state index in [0.29, 0.717) is 22.1 Å². The Balaban J connectivity index is 1.94. The highest BCUT2D eigenvalue weighted by Crippen LogP contribution is 2.17. The van der Waals surface area contributed by atoms with Gasteiger partial charge in [-0.3, -0.25) is 9.52 Å². The van der Waals surface area contributed by atoms with E-state index in [0.717, 1.165) is 6.26 Å². The first-order chi connectivity index (χ1) is 11.2. The van der Waals surface area contributed by atoms with Gasteiger partial charge < -0.3 is 10.6 Å². The summed E-state index contributed by atoms with van der Waals surface area (Å²) in [5, 5.41) is 6.43. The zero-order valence-electron chi connectivity index (χ0n) is 13.2. The third kappa shape index (κ3) is 5.75. The average molecular weight is 368 g/mol. The molecule has 6 nitrogen and oxygen atoms in total. The number of benzene rings is 2. The lowest BCUT2D eigenvalue weighted by Crippen LogP contribution is -2.31. The summed E-state index contributed by atoms with van der Waals surface area (Å²) in [5.74, 6) is -0.198. The van der Waals surface area contributed by atoms with Crippen LogP contribution in [0.25, 0.3) is 0 Å². The smallest absolute Gasteiger partial charge is 0.246 e. The molecule has 0 heterocycles. The summed E-state index contributed by atoms with van der Waals surface area (Å²) in [6.07, 6.45) is 1.09. The third-order valence-electron chi connectivity index (χ3n) is 3.08. The maximum absolute atomic E-state index is 12.2. The van der Waals surface area contributed by atoms with Gasteiger partial charge in [0.25, 0.3) is 0 Å². The van der Waals surface area contributed by atoms with Crippen molar-refractivity contribution in [2.24, 2.45) is 0 Å². The van der Waals surface area contributed by atoms with Gasteiger partial charge in [-0.15, -0.1) is 0 Å². The molecule has 1 amide bonds. The Bertz CT molecular complexity index is 805. The number of sulfonamides is 1. The molecule has 0 aliphatic carbocycles. The van der Waals surface area contributed by atoms with Crippen molar-refractivity contribution in [1.29, 1.82) is 0 Å². The fourth-order valence-corrected chi connectivity index (χ4v) is 2.64. The Morgan fingerprint density at radius 3 is 2.00 bits per heavy atom. The predicted octanol–water partition coefficient (Wildman–Crippen LogP) is 3.15. The van der Waals surface area contributed by atoms with E-state index < -0.39 is 16.1 Å². The number of rotatable bonds is 6. The van der Waals surface area contributed by atoms with Crippen LogP contribution in [0.4, 0.5) is 17.1 Å². The average Bonchev–Trinajstić information content (AvgIpc) is 2.50. The molecular formula is C16H18ClN3O3S. The molecule has 0 saturated heterocycles. The van der Waals surface area contributed by atoms with Gasteiger partial charge in [-0.1, -0.05) is 11.6 Å². The van der Waals surface area contributed by atoms with Gasteiger partial charge in [0, 0.05) is 22.1 Å². The van der Waals surface area contributed by atoms with Crippen molar-refractivity contribution in [3.05, 3.63) is 53.6 Å². The molecule has 1 atom stereocenters. The third-order valence-corrected chi connectivity index (χ3v) is 3.93. The van der Waals surface area contributed by atoms with Crippen LogP contribution in [0.5, 0.6) is 0 Å². The Kier molecular flexibility index (Phi) is 5.69. The normalized spacial score (nSPS) is 12.3. The molecule has 2 aromatic carbocycles. The van der Waals surface area contributed by atoms with E-state index in [-0.39, 0.29) is 5.91 Å². The molecule has 0 bridgehead atoms. The minimum atomic E-state index is -3.31. The van der Waals surface area contributed by atoms with Crippen molar-refractivity contribution in [3.8, 4) is 0 Å². The number of hydrogen-bond donors (Lipinski definition) is 3. The van der Waals surface area contributed by atoms with Crippen LogP contribution in [-0.4, -0.2) is 26.6 Å². The highest BCUT2D eigenvalue weighted by atomic mass is 35.5. The van der Waals surface area contributed by atoms with E-state index in [1.165, 1.54) is 0 Å². The number of nitrogens with one attached hydrogen (secondary N) is 3. The first kappa shape index (κ1) is 18.1. The number of carbonyl (C=O) groups is 1. The zero-order valence-corrected chi connectivity index (χ0v) is 14.8. The number of anilines is 3. The fourth-order valence-electron chi connectivity index (χ4n) is 1.95. The second-order valence-corrected chi connectivity index (χ2v) is 7.50. The summed E-state index contributed by atoms with van der Waals surface area (Å²) in [4.78, 5) is 12.2. The molecule has 0 aliphatic rings. The van der Waals surface area contributed by atoms with Gasteiger partial charge >= 0.3 is 0 Å². The van der Waals surface area contributed by atoms with Gasteiger partial charge in [0.2, 0.25) is 15.9 Å². The molecule has 128 valence electrons. The summed E-state index contributed by atoms with van der Waals surface area (Å²) < 4.78 is 24.7. The lowest BCUT2D eigenvalue weighted by atomic mass is 10.2. The largest absolute Gasteiger partial charge is 0.374 e. The van der Waals surface area contributed by atoms with Crippen molar-refractivity contribution in [1.82, 2.24) is 0 Å². The van der Waals surface area contributed by atoms with E-state index in [9.17, 15) is 13.2 Å². The Labute approximate surface area is 146 Å². The first-order valence-corrected chi connectivity index (χ1v) is 9.41. The minimum Gasteiger partial charge on any atom is -0.374 e. The second kappa shape index (κ2) is 7.55. The zero-order chi connectivity index (χ0) is 17.7.